The Morgan fingerprint density at radius 2 is 1.81 bits per heavy atom. The molecule has 1 aromatic carbocycles. The Hall–Kier alpha value is -1.68. The maximum atomic E-state index is 12.2. The average molecular weight is 289 g/mol. The van der Waals surface area contributed by atoms with E-state index in [1.807, 2.05) is 37.3 Å². The zero-order valence-corrected chi connectivity index (χ0v) is 12.8. The zero-order valence-electron chi connectivity index (χ0n) is 12.8. The van der Waals surface area contributed by atoms with Crippen LogP contribution in [-0.4, -0.2) is 42.9 Å². The van der Waals surface area contributed by atoms with Gasteiger partial charge in [0.05, 0.1) is 18.6 Å². The largest absolute Gasteiger partial charge is 0.465 e. The topological polar surface area (TPSA) is 46.6 Å². The van der Waals surface area contributed by atoms with Crippen LogP contribution in [0.2, 0.25) is 0 Å². The lowest BCUT2D eigenvalue weighted by atomic mass is 9.70. The van der Waals surface area contributed by atoms with Crippen LogP contribution in [-0.2, 0) is 19.7 Å². The third kappa shape index (κ3) is 3.50. The fraction of sp³-hybridized carbons (Fsp3) is 0.529. The molecule has 0 atom stereocenters. The minimum absolute atomic E-state index is 0.187. The highest BCUT2D eigenvalue weighted by atomic mass is 16.5. The Morgan fingerprint density at radius 3 is 2.33 bits per heavy atom. The van der Waals surface area contributed by atoms with E-state index in [4.69, 9.17) is 4.74 Å². The SMILES string of the molecule is CCOC(=O)CN1CCC(C(C)=O)(c2ccccc2)CC1. The van der Waals surface area contributed by atoms with E-state index in [2.05, 4.69) is 4.90 Å². The van der Waals surface area contributed by atoms with E-state index in [-0.39, 0.29) is 11.8 Å². The highest BCUT2D eigenvalue weighted by Gasteiger charge is 2.40. The van der Waals surface area contributed by atoms with E-state index in [0.29, 0.717) is 13.2 Å². The van der Waals surface area contributed by atoms with Crippen molar-refractivity contribution < 1.29 is 14.3 Å². The van der Waals surface area contributed by atoms with Crippen LogP contribution in [0.25, 0.3) is 0 Å². The number of benzene rings is 1. The summed E-state index contributed by atoms with van der Waals surface area (Å²) in [6, 6.07) is 9.98. The van der Waals surface area contributed by atoms with Crippen LogP contribution in [0.5, 0.6) is 0 Å². The van der Waals surface area contributed by atoms with E-state index < -0.39 is 5.41 Å². The summed E-state index contributed by atoms with van der Waals surface area (Å²) in [4.78, 5) is 25.9. The number of ether oxygens (including phenoxy) is 1. The summed E-state index contributed by atoms with van der Waals surface area (Å²) in [6.07, 6.45) is 1.51. The van der Waals surface area contributed by atoms with Crippen molar-refractivity contribution in [2.75, 3.05) is 26.2 Å². The molecule has 0 unspecified atom stereocenters. The first-order valence-electron chi connectivity index (χ1n) is 7.53. The molecule has 0 N–H and O–H groups in total. The Bertz CT molecular complexity index is 490. The summed E-state index contributed by atoms with van der Waals surface area (Å²) in [5.74, 6) is 0.0250. The lowest BCUT2D eigenvalue weighted by molar-refractivity contribution is -0.144. The molecule has 0 saturated carbocycles. The fourth-order valence-electron chi connectivity index (χ4n) is 3.08. The van der Waals surface area contributed by atoms with Crippen molar-refractivity contribution in [3.05, 3.63) is 35.9 Å². The van der Waals surface area contributed by atoms with E-state index >= 15 is 0 Å². The van der Waals surface area contributed by atoms with Crippen molar-refractivity contribution in [2.45, 2.75) is 32.1 Å². The molecule has 1 aliphatic rings. The number of carbonyl (C=O) groups is 2. The summed E-state index contributed by atoms with van der Waals surface area (Å²) in [7, 11) is 0. The number of ketones is 1. The predicted molar refractivity (Wildman–Crippen MR) is 81.1 cm³/mol. The number of carbonyl (C=O) groups excluding carboxylic acids is 2. The van der Waals surface area contributed by atoms with E-state index in [0.717, 1.165) is 31.5 Å². The van der Waals surface area contributed by atoms with Gasteiger partial charge in [0.25, 0.3) is 0 Å². The number of likely N-dealkylation sites (tertiary alicyclic amines) is 1. The second kappa shape index (κ2) is 6.85. The highest BCUT2D eigenvalue weighted by Crippen LogP contribution is 2.36. The molecule has 1 saturated heterocycles. The van der Waals surface area contributed by atoms with Gasteiger partial charge in [-0.15, -0.1) is 0 Å². The summed E-state index contributed by atoms with van der Waals surface area (Å²) in [5.41, 5.74) is 0.695. The average Bonchev–Trinajstić information content (AvgIpc) is 2.49. The smallest absolute Gasteiger partial charge is 0.320 e. The Labute approximate surface area is 126 Å². The van der Waals surface area contributed by atoms with Gasteiger partial charge in [-0.1, -0.05) is 30.3 Å². The van der Waals surface area contributed by atoms with Gasteiger partial charge in [-0.3, -0.25) is 14.5 Å². The molecular weight excluding hydrogens is 266 g/mol. The van der Waals surface area contributed by atoms with Crippen molar-refractivity contribution in [3.63, 3.8) is 0 Å². The molecule has 114 valence electrons. The normalized spacial score (nSPS) is 18.2. The molecular formula is C17H23NO3. The molecule has 1 fully saturated rings. The second-order valence-electron chi connectivity index (χ2n) is 5.59. The van der Waals surface area contributed by atoms with E-state index in [1.54, 1.807) is 6.92 Å². The van der Waals surface area contributed by atoms with Gasteiger partial charge in [0.1, 0.15) is 5.78 Å². The Balaban J connectivity index is 2.05. The third-order valence-electron chi connectivity index (χ3n) is 4.37. The lowest BCUT2D eigenvalue weighted by Gasteiger charge is -2.40. The van der Waals surface area contributed by atoms with Crippen LogP contribution in [0.3, 0.4) is 0 Å². The van der Waals surface area contributed by atoms with Crippen molar-refractivity contribution in [3.8, 4) is 0 Å². The summed E-state index contributed by atoms with van der Waals surface area (Å²) >= 11 is 0. The summed E-state index contributed by atoms with van der Waals surface area (Å²) in [6.45, 7) is 5.70. The van der Waals surface area contributed by atoms with E-state index in [1.165, 1.54) is 0 Å². The molecule has 2 rings (SSSR count). The number of hydrogen-bond acceptors (Lipinski definition) is 4. The van der Waals surface area contributed by atoms with Crippen molar-refractivity contribution in [1.29, 1.82) is 0 Å². The van der Waals surface area contributed by atoms with Crippen LogP contribution in [0.15, 0.2) is 30.3 Å². The number of rotatable bonds is 5. The maximum absolute atomic E-state index is 12.2. The molecule has 1 aromatic rings. The van der Waals surface area contributed by atoms with Gasteiger partial charge in [-0.05, 0) is 32.3 Å². The molecule has 1 heterocycles. The zero-order chi connectivity index (χ0) is 15.3. The molecule has 4 heteroatoms. The van der Waals surface area contributed by atoms with Crippen LogP contribution < -0.4 is 0 Å². The Morgan fingerprint density at radius 1 is 1.19 bits per heavy atom. The third-order valence-corrected chi connectivity index (χ3v) is 4.37. The first kappa shape index (κ1) is 15.7. The molecule has 0 bridgehead atoms. The van der Waals surface area contributed by atoms with Crippen molar-refractivity contribution >= 4 is 11.8 Å². The van der Waals surface area contributed by atoms with Crippen molar-refractivity contribution in [2.24, 2.45) is 0 Å². The molecule has 21 heavy (non-hydrogen) atoms. The minimum atomic E-state index is -0.396. The summed E-state index contributed by atoms with van der Waals surface area (Å²) < 4.78 is 4.98. The van der Waals surface area contributed by atoms with Crippen LogP contribution in [0, 0.1) is 0 Å². The first-order valence-corrected chi connectivity index (χ1v) is 7.53. The van der Waals surface area contributed by atoms with Crippen LogP contribution in [0.1, 0.15) is 32.3 Å². The fourth-order valence-corrected chi connectivity index (χ4v) is 3.08. The molecule has 0 aliphatic carbocycles. The number of esters is 1. The monoisotopic (exact) mass is 289 g/mol. The standard InChI is InChI=1S/C17H23NO3/c1-3-21-16(20)13-18-11-9-17(10-12-18,14(2)19)15-7-5-4-6-8-15/h4-8H,3,9-13H2,1-2H3. The van der Waals surface area contributed by atoms with Gasteiger partial charge in [-0.25, -0.2) is 0 Å². The molecule has 0 spiro atoms. The molecule has 0 amide bonds. The van der Waals surface area contributed by atoms with Gasteiger partial charge < -0.3 is 4.74 Å². The van der Waals surface area contributed by atoms with Gasteiger partial charge >= 0.3 is 5.97 Å². The molecule has 4 nitrogen and oxygen atoms in total. The van der Waals surface area contributed by atoms with Crippen LogP contribution in [0.4, 0.5) is 0 Å². The lowest BCUT2D eigenvalue weighted by Crippen LogP contribution is -2.48. The van der Waals surface area contributed by atoms with Gasteiger partial charge in [0.2, 0.25) is 0 Å². The molecule has 1 aliphatic heterocycles. The van der Waals surface area contributed by atoms with Gasteiger partial charge in [-0.2, -0.15) is 0 Å². The number of Topliss-reactive ketones (excluding diaryl/α,β-unsaturated/α-hetero) is 1. The summed E-state index contributed by atoms with van der Waals surface area (Å²) in [5, 5.41) is 0. The maximum Gasteiger partial charge on any atom is 0.320 e. The van der Waals surface area contributed by atoms with E-state index in [9.17, 15) is 9.59 Å². The van der Waals surface area contributed by atoms with Crippen LogP contribution >= 0.6 is 0 Å². The molecule has 0 aromatic heterocycles. The molecule has 0 radical (unpaired) electrons. The van der Waals surface area contributed by atoms with Gasteiger partial charge in [0.15, 0.2) is 0 Å². The number of piperidine rings is 1. The first-order chi connectivity index (χ1) is 10.1. The second-order valence-corrected chi connectivity index (χ2v) is 5.59. The van der Waals surface area contributed by atoms with Crippen molar-refractivity contribution in [1.82, 2.24) is 4.90 Å². The minimum Gasteiger partial charge on any atom is -0.465 e. The predicted octanol–water partition coefficient (Wildman–Crippen LogP) is 2.17. The number of nitrogens with zero attached hydrogens (tertiary/aromatic N) is 1. The highest BCUT2D eigenvalue weighted by molar-refractivity contribution is 5.88. The number of hydrogen-bond donors (Lipinski definition) is 0. The van der Waals surface area contributed by atoms with Gasteiger partial charge in [0, 0.05) is 13.1 Å². The Kier molecular flexibility index (Phi) is 5.12. The quantitative estimate of drug-likeness (QED) is 0.779.